The summed E-state index contributed by atoms with van der Waals surface area (Å²) in [6, 6.07) is 22.2. The molecule has 0 heterocycles. The van der Waals surface area contributed by atoms with Gasteiger partial charge in [0.2, 0.25) is 0 Å². The van der Waals surface area contributed by atoms with Gasteiger partial charge in [-0.15, -0.1) is 0 Å². The molecule has 0 amide bonds. The van der Waals surface area contributed by atoms with Gasteiger partial charge in [-0.05, 0) is 44.7 Å². The first-order valence-corrected chi connectivity index (χ1v) is 9.20. The Hall–Kier alpha value is -2.64. The van der Waals surface area contributed by atoms with Gasteiger partial charge < -0.3 is 4.74 Å². The first kappa shape index (κ1) is 20.7. The fourth-order valence-electron chi connectivity index (χ4n) is 3.28. The molecule has 1 unspecified atom stereocenters. The molecule has 4 heteroatoms. The molecule has 0 saturated carbocycles. The van der Waals surface area contributed by atoms with Crippen molar-refractivity contribution in [3.8, 4) is 6.07 Å². The highest BCUT2D eigenvalue weighted by atomic mass is 16.5. The molecule has 0 aliphatic rings. The Balaban J connectivity index is 2.27. The van der Waals surface area contributed by atoms with Crippen molar-refractivity contribution in [1.29, 1.82) is 5.26 Å². The molecule has 0 aliphatic heterocycles. The minimum Gasteiger partial charge on any atom is -0.469 e. The summed E-state index contributed by atoms with van der Waals surface area (Å²) < 4.78 is 4.88. The van der Waals surface area contributed by atoms with Crippen molar-refractivity contribution >= 4 is 5.97 Å². The second-order valence-electron chi connectivity index (χ2n) is 7.60. The summed E-state index contributed by atoms with van der Waals surface area (Å²) >= 11 is 0. The first-order chi connectivity index (χ1) is 12.8. The summed E-state index contributed by atoms with van der Waals surface area (Å²) in [7, 11) is 1.39. The molecule has 0 bridgehead atoms. The Morgan fingerprint density at radius 2 is 1.52 bits per heavy atom. The van der Waals surface area contributed by atoms with Gasteiger partial charge in [-0.2, -0.15) is 5.26 Å². The third-order valence-corrected chi connectivity index (χ3v) is 5.12. The van der Waals surface area contributed by atoms with E-state index < -0.39 is 17.0 Å². The summed E-state index contributed by atoms with van der Waals surface area (Å²) in [6.07, 6.45) is 1.11. The number of nitrogens with zero attached hydrogens (tertiary/aromatic N) is 1. The fraction of sp³-hybridized carbons (Fsp3) is 0.391. The second kappa shape index (κ2) is 8.83. The Labute approximate surface area is 162 Å². The molecule has 0 fully saturated rings. The van der Waals surface area contributed by atoms with E-state index in [1.54, 1.807) is 0 Å². The number of carbonyl (C=O) groups excluding carboxylic acids is 1. The SMILES string of the molecule is COC(=O)C(C)(C)CCC(C#N)NC(C)(c1ccccc1)c1ccccc1. The van der Waals surface area contributed by atoms with Crippen LogP contribution in [0.1, 0.15) is 44.7 Å². The Kier molecular flexibility index (Phi) is 6.76. The van der Waals surface area contributed by atoms with E-state index in [2.05, 4.69) is 42.6 Å². The predicted octanol–water partition coefficient (Wildman–Crippen LogP) is 4.41. The number of hydrogen-bond acceptors (Lipinski definition) is 4. The maximum absolute atomic E-state index is 11.9. The van der Waals surface area contributed by atoms with Crippen LogP contribution < -0.4 is 5.32 Å². The Bertz CT molecular complexity index is 740. The van der Waals surface area contributed by atoms with Crippen LogP contribution in [0.2, 0.25) is 0 Å². The van der Waals surface area contributed by atoms with Gasteiger partial charge in [0.05, 0.1) is 30.2 Å². The molecule has 0 aliphatic carbocycles. The number of esters is 1. The van der Waals surface area contributed by atoms with Crippen molar-refractivity contribution in [2.75, 3.05) is 7.11 Å². The van der Waals surface area contributed by atoms with Gasteiger partial charge >= 0.3 is 5.97 Å². The number of carbonyl (C=O) groups is 1. The molecule has 0 saturated heterocycles. The van der Waals surface area contributed by atoms with Crippen molar-refractivity contribution in [1.82, 2.24) is 5.32 Å². The highest BCUT2D eigenvalue weighted by molar-refractivity contribution is 5.75. The number of ether oxygens (including phenoxy) is 1. The lowest BCUT2D eigenvalue weighted by Crippen LogP contribution is -2.46. The molecule has 4 nitrogen and oxygen atoms in total. The van der Waals surface area contributed by atoms with Crippen LogP contribution in [0.25, 0.3) is 0 Å². The highest BCUT2D eigenvalue weighted by Crippen LogP contribution is 2.31. The maximum Gasteiger partial charge on any atom is 0.311 e. The summed E-state index contributed by atoms with van der Waals surface area (Å²) in [5.41, 5.74) is 1.03. The van der Waals surface area contributed by atoms with Gasteiger partial charge in [-0.3, -0.25) is 10.1 Å². The summed E-state index contributed by atoms with van der Waals surface area (Å²) in [4.78, 5) is 11.9. The molecule has 0 spiro atoms. The summed E-state index contributed by atoms with van der Waals surface area (Å²) in [6.45, 7) is 5.79. The van der Waals surface area contributed by atoms with Crippen LogP contribution in [0.5, 0.6) is 0 Å². The number of methoxy groups -OCH3 is 1. The van der Waals surface area contributed by atoms with E-state index in [0.29, 0.717) is 12.8 Å². The number of nitrogens with one attached hydrogen (secondary N) is 1. The standard InChI is InChI=1S/C23H28N2O2/c1-22(2,21(26)27-4)16-15-20(17-24)25-23(3,18-11-7-5-8-12-18)19-13-9-6-10-14-19/h5-14,20,25H,15-16H2,1-4H3. The average molecular weight is 364 g/mol. The van der Waals surface area contributed by atoms with Crippen LogP contribution >= 0.6 is 0 Å². The lowest BCUT2D eigenvalue weighted by molar-refractivity contribution is -0.151. The van der Waals surface area contributed by atoms with Gasteiger partial charge in [0.1, 0.15) is 0 Å². The van der Waals surface area contributed by atoms with E-state index in [1.807, 2.05) is 50.2 Å². The molecule has 2 aromatic carbocycles. The number of hydrogen-bond donors (Lipinski definition) is 1. The van der Waals surface area contributed by atoms with Crippen LogP contribution in [-0.4, -0.2) is 19.1 Å². The van der Waals surface area contributed by atoms with E-state index in [1.165, 1.54) is 7.11 Å². The maximum atomic E-state index is 11.9. The second-order valence-corrected chi connectivity index (χ2v) is 7.60. The minimum absolute atomic E-state index is 0.256. The van der Waals surface area contributed by atoms with Crippen LogP contribution in [0.15, 0.2) is 60.7 Å². The Morgan fingerprint density at radius 1 is 1.04 bits per heavy atom. The van der Waals surface area contributed by atoms with Crippen molar-refractivity contribution in [3.63, 3.8) is 0 Å². The topological polar surface area (TPSA) is 62.1 Å². The largest absolute Gasteiger partial charge is 0.469 e. The summed E-state index contributed by atoms with van der Waals surface area (Å²) in [5.74, 6) is -0.256. The van der Waals surface area contributed by atoms with E-state index >= 15 is 0 Å². The normalized spacial score (nSPS) is 12.9. The molecule has 2 aromatic rings. The van der Waals surface area contributed by atoms with Crippen molar-refractivity contribution < 1.29 is 9.53 Å². The first-order valence-electron chi connectivity index (χ1n) is 9.20. The molecular weight excluding hydrogens is 336 g/mol. The molecule has 27 heavy (non-hydrogen) atoms. The van der Waals surface area contributed by atoms with Gasteiger partial charge in [0, 0.05) is 0 Å². The van der Waals surface area contributed by atoms with Crippen molar-refractivity contribution in [2.24, 2.45) is 5.41 Å². The predicted molar refractivity (Wildman–Crippen MR) is 107 cm³/mol. The molecule has 0 aromatic heterocycles. The van der Waals surface area contributed by atoms with Crippen LogP contribution in [0.3, 0.4) is 0 Å². The average Bonchev–Trinajstić information content (AvgIpc) is 2.71. The lowest BCUT2D eigenvalue weighted by Gasteiger charge is -2.35. The molecule has 1 atom stereocenters. The third-order valence-electron chi connectivity index (χ3n) is 5.12. The van der Waals surface area contributed by atoms with Crippen molar-refractivity contribution in [3.05, 3.63) is 71.8 Å². The number of benzene rings is 2. The molecule has 142 valence electrons. The fourth-order valence-corrected chi connectivity index (χ4v) is 3.28. The van der Waals surface area contributed by atoms with Crippen LogP contribution in [0, 0.1) is 16.7 Å². The van der Waals surface area contributed by atoms with Crippen LogP contribution in [-0.2, 0) is 15.1 Å². The van der Waals surface area contributed by atoms with E-state index in [4.69, 9.17) is 4.74 Å². The summed E-state index contributed by atoms with van der Waals surface area (Å²) in [5, 5.41) is 13.3. The van der Waals surface area contributed by atoms with Crippen molar-refractivity contribution in [2.45, 2.75) is 45.2 Å². The highest BCUT2D eigenvalue weighted by Gasteiger charge is 2.34. The molecule has 0 radical (unpaired) electrons. The van der Waals surface area contributed by atoms with Crippen LogP contribution in [0.4, 0.5) is 0 Å². The van der Waals surface area contributed by atoms with E-state index in [-0.39, 0.29) is 5.97 Å². The zero-order chi connectivity index (χ0) is 19.9. The van der Waals surface area contributed by atoms with Gasteiger partial charge in [-0.1, -0.05) is 60.7 Å². The van der Waals surface area contributed by atoms with E-state index in [9.17, 15) is 10.1 Å². The molecule has 2 rings (SSSR count). The van der Waals surface area contributed by atoms with E-state index in [0.717, 1.165) is 11.1 Å². The number of nitriles is 1. The third kappa shape index (κ3) is 4.96. The molecular formula is C23H28N2O2. The Morgan fingerprint density at radius 3 is 1.93 bits per heavy atom. The number of rotatable bonds is 8. The molecule has 1 N–H and O–H groups in total. The van der Waals surface area contributed by atoms with Gasteiger partial charge in [-0.25, -0.2) is 0 Å². The monoisotopic (exact) mass is 364 g/mol. The zero-order valence-electron chi connectivity index (χ0n) is 16.5. The minimum atomic E-state index is -0.624. The smallest absolute Gasteiger partial charge is 0.311 e. The quantitative estimate of drug-likeness (QED) is 0.705. The lowest BCUT2D eigenvalue weighted by atomic mass is 9.82. The zero-order valence-corrected chi connectivity index (χ0v) is 16.5. The van der Waals surface area contributed by atoms with Gasteiger partial charge in [0.25, 0.3) is 0 Å². The van der Waals surface area contributed by atoms with Gasteiger partial charge in [0.15, 0.2) is 0 Å².